The third-order valence-corrected chi connectivity index (χ3v) is 7.40. The Morgan fingerprint density at radius 3 is 2.36 bits per heavy atom. The third-order valence-electron chi connectivity index (χ3n) is 5.81. The van der Waals surface area contributed by atoms with Crippen molar-refractivity contribution in [2.45, 2.75) is 53.1 Å². The van der Waals surface area contributed by atoms with E-state index in [4.69, 9.17) is 11.6 Å². The Bertz CT molecular complexity index is 1170. The van der Waals surface area contributed by atoms with Gasteiger partial charge in [0.2, 0.25) is 21.8 Å². The molecule has 0 aliphatic carbocycles. The van der Waals surface area contributed by atoms with Gasteiger partial charge in [-0.15, -0.1) is 0 Å². The molecule has 1 N–H and O–H groups in total. The Labute approximate surface area is 218 Å². The number of hydrogen-bond donors (Lipinski definition) is 1. The van der Waals surface area contributed by atoms with Crippen molar-refractivity contribution in [2.75, 3.05) is 23.7 Å². The fourth-order valence-electron chi connectivity index (χ4n) is 3.69. The Balaban J connectivity index is 2.21. The van der Waals surface area contributed by atoms with Gasteiger partial charge in [-0.1, -0.05) is 49.7 Å². The van der Waals surface area contributed by atoms with Crippen LogP contribution in [0.3, 0.4) is 0 Å². The van der Waals surface area contributed by atoms with Crippen molar-refractivity contribution in [3.63, 3.8) is 0 Å². The summed E-state index contributed by atoms with van der Waals surface area (Å²) in [5.74, 6) is -0.944. The fourth-order valence-corrected chi connectivity index (χ4v) is 4.88. The zero-order valence-electron chi connectivity index (χ0n) is 21.4. The lowest BCUT2D eigenvalue weighted by molar-refractivity contribution is -0.140. The molecule has 1 unspecified atom stereocenters. The van der Waals surface area contributed by atoms with E-state index in [-0.39, 0.29) is 43.7 Å². The van der Waals surface area contributed by atoms with Gasteiger partial charge in [-0.2, -0.15) is 0 Å². The summed E-state index contributed by atoms with van der Waals surface area (Å²) in [6.07, 6.45) is 1.27. The minimum atomic E-state index is -3.64. The third kappa shape index (κ3) is 8.20. The second-order valence-electron chi connectivity index (χ2n) is 9.25. The highest BCUT2D eigenvalue weighted by Crippen LogP contribution is 2.28. The quantitative estimate of drug-likeness (QED) is 0.429. The van der Waals surface area contributed by atoms with Crippen LogP contribution in [-0.4, -0.2) is 50.5 Å². The maximum absolute atomic E-state index is 14.4. The summed E-state index contributed by atoms with van der Waals surface area (Å²) < 4.78 is 40.6. The summed E-state index contributed by atoms with van der Waals surface area (Å²) in [5, 5.41) is 3.26. The molecule has 2 aromatic carbocycles. The summed E-state index contributed by atoms with van der Waals surface area (Å²) in [6.45, 7) is 7.68. The molecule has 198 valence electrons. The maximum atomic E-state index is 14.4. The molecule has 0 radical (unpaired) electrons. The summed E-state index contributed by atoms with van der Waals surface area (Å²) in [6, 6.07) is 10.3. The van der Waals surface area contributed by atoms with E-state index in [1.807, 2.05) is 13.8 Å². The second-order valence-corrected chi connectivity index (χ2v) is 11.6. The smallest absolute Gasteiger partial charge is 0.242 e. The van der Waals surface area contributed by atoms with Gasteiger partial charge in [0.15, 0.2) is 0 Å². The molecule has 0 spiro atoms. The van der Waals surface area contributed by atoms with E-state index in [0.717, 1.165) is 6.26 Å². The summed E-state index contributed by atoms with van der Waals surface area (Å²) in [4.78, 5) is 27.3. The van der Waals surface area contributed by atoms with Gasteiger partial charge in [0.25, 0.3) is 0 Å². The number of benzene rings is 2. The number of hydrogen-bond acceptors (Lipinski definition) is 4. The van der Waals surface area contributed by atoms with Crippen LogP contribution in [0.25, 0.3) is 0 Å². The molecule has 0 aliphatic heterocycles. The standard InChI is InChI=1S/C26H35ClFN3O4S/c1-18(2)16-29-26(33)20(4)30(17-21-10-6-7-12-23(21)28)25(32)14-9-15-31(36(5,34)35)24-13-8-11-22(27)19(24)3/h6-8,10-13,18,20H,9,14-17H2,1-5H3,(H,29,33). The normalized spacial score (nSPS) is 12.3. The number of nitrogens with zero attached hydrogens (tertiary/aromatic N) is 2. The van der Waals surface area contributed by atoms with Crippen LogP contribution in [0, 0.1) is 18.7 Å². The number of carbonyl (C=O) groups excluding carboxylic acids is 2. The zero-order chi connectivity index (χ0) is 27.0. The van der Waals surface area contributed by atoms with Crippen LogP contribution in [0.5, 0.6) is 0 Å². The van der Waals surface area contributed by atoms with Crippen molar-refractivity contribution >= 4 is 39.1 Å². The van der Waals surface area contributed by atoms with Crippen LogP contribution in [0.4, 0.5) is 10.1 Å². The predicted octanol–water partition coefficient (Wildman–Crippen LogP) is 4.52. The molecule has 0 saturated carbocycles. The fraction of sp³-hybridized carbons (Fsp3) is 0.462. The second kappa shape index (κ2) is 13.1. The molecule has 0 aliphatic rings. The van der Waals surface area contributed by atoms with Gasteiger partial charge in [0.05, 0.1) is 11.9 Å². The highest BCUT2D eigenvalue weighted by Gasteiger charge is 2.27. The number of halogens is 2. The Hall–Kier alpha value is -2.65. The minimum absolute atomic E-state index is 0.0259. The highest BCUT2D eigenvalue weighted by atomic mass is 35.5. The van der Waals surface area contributed by atoms with E-state index in [2.05, 4.69) is 5.32 Å². The highest BCUT2D eigenvalue weighted by molar-refractivity contribution is 7.92. The van der Waals surface area contributed by atoms with Crippen LogP contribution in [0.2, 0.25) is 5.02 Å². The average molecular weight is 540 g/mol. The maximum Gasteiger partial charge on any atom is 0.242 e. The first-order valence-corrected chi connectivity index (χ1v) is 14.1. The molecule has 36 heavy (non-hydrogen) atoms. The lowest BCUT2D eigenvalue weighted by Crippen LogP contribution is -2.48. The number of rotatable bonds is 12. The van der Waals surface area contributed by atoms with Gasteiger partial charge in [0, 0.05) is 36.6 Å². The zero-order valence-corrected chi connectivity index (χ0v) is 23.0. The lowest BCUT2D eigenvalue weighted by Gasteiger charge is -2.30. The summed E-state index contributed by atoms with van der Waals surface area (Å²) in [7, 11) is -3.64. The first-order valence-electron chi connectivity index (χ1n) is 11.9. The molecule has 10 heteroatoms. The Morgan fingerprint density at radius 1 is 1.08 bits per heavy atom. The van der Waals surface area contributed by atoms with Crippen LogP contribution in [-0.2, 0) is 26.2 Å². The van der Waals surface area contributed by atoms with Gasteiger partial charge in [-0.05, 0) is 49.9 Å². The van der Waals surface area contributed by atoms with Crippen molar-refractivity contribution in [1.29, 1.82) is 0 Å². The minimum Gasteiger partial charge on any atom is -0.354 e. The van der Waals surface area contributed by atoms with Crippen molar-refractivity contribution in [3.05, 3.63) is 64.4 Å². The first kappa shape index (κ1) is 29.6. The molecule has 0 heterocycles. The molecule has 0 saturated heterocycles. The van der Waals surface area contributed by atoms with Gasteiger partial charge in [0.1, 0.15) is 11.9 Å². The molecule has 7 nitrogen and oxygen atoms in total. The van der Waals surface area contributed by atoms with Gasteiger partial charge >= 0.3 is 0 Å². The van der Waals surface area contributed by atoms with Crippen molar-refractivity contribution in [1.82, 2.24) is 10.2 Å². The molecule has 1 atom stereocenters. The Kier molecular flexibility index (Phi) is 10.7. The summed E-state index contributed by atoms with van der Waals surface area (Å²) >= 11 is 6.18. The van der Waals surface area contributed by atoms with Gasteiger partial charge in [-0.25, -0.2) is 12.8 Å². The first-order chi connectivity index (χ1) is 16.8. The van der Waals surface area contributed by atoms with Crippen molar-refractivity contribution in [2.24, 2.45) is 5.92 Å². The van der Waals surface area contributed by atoms with Gasteiger partial charge in [-0.3, -0.25) is 13.9 Å². The molecule has 2 rings (SSSR count). The predicted molar refractivity (Wildman–Crippen MR) is 142 cm³/mol. The molecule has 0 fully saturated rings. The average Bonchev–Trinajstić information content (AvgIpc) is 2.80. The largest absolute Gasteiger partial charge is 0.354 e. The molecule has 0 bridgehead atoms. The van der Waals surface area contributed by atoms with Crippen molar-refractivity contribution in [3.8, 4) is 0 Å². The van der Waals surface area contributed by atoms with E-state index >= 15 is 0 Å². The molecular weight excluding hydrogens is 505 g/mol. The molecule has 2 aromatic rings. The molecule has 2 amide bonds. The SMILES string of the molecule is Cc1c(Cl)cccc1N(CCCC(=O)N(Cc1ccccc1F)C(C)C(=O)NCC(C)C)S(C)(=O)=O. The lowest BCUT2D eigenvalue weighted by atomic mass is 10.1. The van der Waals surface area contributed by atoms with Crippen molar-refractivity contribution < 1.29 is 22.4 Å². The van der Waals surface area contributed by atoms with E-state index in [0.29, 0.717) is 28.4 Å². The van der Waals surface area contributed by atoms with Gasteiger partial charge < -0.3 is 10.2 Å². The van der Waals surface area contributed by atoms with Crippen LogP contribution in [0.15, 0.2) is 42.5 Å². The van der Waals surface area contributed by atoms with Crippen LogP contribution >= 0.6 is 11.6 Å². The van der Waals surface area contributed by atoms with E-state index < -0.39 is 21.9 Å². The number of amides is 2. The molecular formula is C26H35ClFN3O4S. The van der Waals surface area contributed by atoms with Crippen LogP contribution < -0.4 is 9.62 Å². The van der Waals surface area contributed by atoms with E-state index in [9.17, 15) is 22.4 Å². The molecule has 0 aromatic heterocycles. The van der Waals surface area contributed by atoms with Crippen LogP contribution in [0.1, 0.15) is 44.7 Å². The monoisotopic (exact) mass is 539 g/mol. The topological polar surface area (TPSA) is 86.8 Å². The Morgan fingerprint density at radius 2 is 1.75 bits per heavy atom. The number of sulfonamides is 1. The summed E-state index contributed by atoms with van der Waals surface area (Å²) in [5.41, 5.74) is 1.36. The number of carbonyl (C=O) groups is 2. The number of nitrogens with one attached hydrogen (secondary N) is 1. The number of anilines is 1. The van der Waals surface area contributed by atoms with E-state index in [1.165, 1.54) is 15.3 Å². The van der Waals surface area contributed by atoms with E-state index in [1.54, 1.807) is 50.2 Å².